The van der Waals surface area contributed by atoms with Gasteiger partial charge >= 0.3 is 5.69 Å². The Kier molecular flexibility index (Phi) is 5.92. The molecular weight excluding hydrogens is 354 g/mol. The number of likely N-dealkylation sites (tertiary alicyclic amines) is 1. The van der Waals surface area contributed by atoms with Crippen molar-refractivity contribution in [2.45, 2.75) is 44.6 Å². The number of fused-ring (bicyclic) bond motifs is 2. The molecule has 1 fully saturated rings. The zero-order valence-corrected chi connectivity index (χ0v) is 16.3. The molecule has 7 nitrogen and oxygen atoms in total. The normalized spacial score (nSPS) is 19.1. The van der Waals surface area contributed by atoms with Crippen LogP contribution in [0.3, 0.4) is 0 Å². The summed E-state index contributed by atoms with van der Waals surface area (Å²) in [7, 11) is 0. The fourth-order valence-corrected chi connectivity index (χ4v) is 4.08. The lowest BCUT2D eigenvalue weighted by molar-refractivity contribution is 0.273. The van der Waals surface area contributed by atoms with Crippen LogP contribution >= 0.6 is 0 Å². The van der Waals surface area contributed by atoms with Crippen LogP contribution in [0.2, 0.25) is 0 Å². The van der Waals surface area contributed by atoms with Crippen molar-refractivity contribution in [3.63, 3.8) is 0 Å². The maximum atomic E-state index is 12.7. The lowest BCUT2D eigenvalue weighted by Gasteiger charge is -2.24. The molecule has 2 aliphatic rings. The van der Waals surface area contributed by atoms with E-state index in [1.807, 2.05) is 30.5 Å². The quantitative estimate of drug-likeness (QED) is 0.636. The van der Waals surface area contributed by atoms with E-state index in [4.69, 9.17) is 10.5 Å². The van der Waals surface area contributed by atoms with Crippen molar-refractivity contribution < 1.29 is 4.74 Å². The summed E-state index contributed by atoms with van der Waals surface area (Å²) in [6, 6.07) is 7.85. The van der Waals surface area contributed by atoms with Crippen LogP contribution in [0.4, 0.5) is 11.5 Å². The second-order valence-electron chi connectivity index (χ2n) is 7.64. The van der Waals surface area contributed by atoms with Crippen molar-refractivity contribution in [2.24, 2.45) is 5.73 Å². The average Bonchev–Trinajstić information content (AvgIpc) is 2.95. The number of nitrogens with one attached hydrogen (secondary N) is 1. The van der Waals surface area contributed by atoms with Gasteiger partial charge in [0.1, 0.15) is 0 Å². The summed E-state index contributed by atoms with van der Waals surface area (Å²) in [5, 5.41) is 3.20. The van der Waals surface area contributed by atoms with Crippen LogP contribution in [0.5, 0.6) is 11.5 Å². The summed E-state index contributed by atoms with van der Waals surface area (Å²) in [6.45, 7) is 4.00. The summed E-state index contributed by atoms with van der Waals surface area (Å²) < 4.78 is 7.76. The molecule has 0 amide bonds. The molecule has 0 bridgehead atoms. The first kappa shape index (κ1) is 19.0. The van der Waals surface area contributed by atoms with E-state index in [9.17, 15) is 4.79 Å². The van der Waals surface area contributed by atoms with Gasteiger partial charge < -0.3 is 20.7 Å². The van der Waals surface area contributed by atoms with E-state index in [2.05, 4.69) is 15.2 Å². The SMILES string of the molecule is NCCCCCN1CCCC(n2cc3c(nc2=O)Nc2ccccc2O3)CC1. The Morgan fingerprint density at radius 2 is 2.04 bits per heavy atom. The average molecular weight is 383 g/mol. The highest BCUT2D eigenvalue weighted by Crippen LogP contribution is 2.40. The highest BCUT2D eigenvalue weighted by atomic mass is 16.5. The van der Waals surface area contributed by atoms with Crippen molar-refractivity contribution in [1.29, 1.82) is 0 Å². The molecule has 4 rings (SSSR count). The number of unbranched alkanes of at least 4 members (excludes halogenated alkanes) is 2. The standard InChI is InChI=1S/C21H29N5O2/c22-11-4-1-5-12-25-13-6-7-16(10-14-25)26-15-19-20(24-21(26)27)23-17-8-2-3-9-18(17)28-19/h2-3,8-9,15-16H,1,4-7,10-14,22H2,(H,23,24,27). The Morgan fingerprint density at radius 1 is 1.14 bits per heavy atom. The number of hydrogen-bond donors (Lipinski definition) is 2. The van der Waals surface area contributed by atoms with Crippen LogP contribution in [0.25, 0.3) is 0 Å². The number of ether oxygens (including phenoxy) is 1. The molecule has 7 heteroatoms. The molecule has 1 aromatic heterocycles. The molecule has 2 aliphatic heterocycles. The van der Waals surface area contributed by atoms with Gasteiger partial charge in [-0.1, -0.05) is 18.6 Å². The van der Waals surface area contributed by atoms with Gasteiger partial charge in [0.15, 0.2) is 17.3 Å². The van der Waals surface area contributed by atoms with Crippen LogP contribution in [-0.4, -0.2) is 40.6 Å². The van der Waals surface area contributed by atoms with Crippen LogP contribution in [0.15, 0.2) is 35.3 Å². The number of nitrogens with zero attached hydrogens (tertiary/aromatic N) is 3. The van der Waals surface area contributed by atoms with E-state index in [-0.39, 0.29) is 11.7 Å². The first-order valence-corrected chi connectivity index (χ1v) is 10.3. The summed E-state index contributed by atoms with van der Waals surface area (Å²) in [5.41, 5.74) is 6.20. The van der Waals surface area contributed by atoms with Crippen molar-refractivity contribution >= 4 is 11.5 Å². The Hall–Kier alpha value is -2.38. The van der Waals surface area contributed by atoms with Gasteiger partial charge in [0, 0.05) is 12.6 Å². The second kappa shape index (κ2) is 8.75. The predicted molar refractivity (Wildman–Crippen MR) is 111 cm³/mol. The molecule has 150 valence electrons. The van der Waals surface area contributed by atoms with Gasteiger partial charge in [0.05, 0.1) is 11.9 Å². The molecule has 3 heterocycles. The van der Waals surface area contributed by atoms with Gasteiger partial charge in [0.25, 0.3) is 0 Å². The second-order valence-corrected chi connectivity index (χ2v) is 7.64. The third-order valence-electron chi connectivity index (χ3n) is 5.64. The van der Waals surface area contributed by atoms with Gasteiger partial charge in [-0.2, -0.15) is 4.98 Å². The lowest BCUT2D eigenvalue weighted by atomic mass is 10.1. The van der Waals surface area contributed by atoms with Crippen LogP contribution in [0, 0.1) is 0 Å². The summed E-state index contributed by atoms with van der Waals surface area (Å²) in [6.07, 6.45) is 8.36. The van der Waals surface area contributed by atoms with Crippen molar-refractivity contribution in [2.75, 3.05) is 31.5 Å². The van der Waals surface area contributed by atoms with Gasteiger partial charge in [0.2, 0.25) is 0 Å². The molecule has 28 heavy (non-hydrogen) atoms. The number of anilines is 2. The first-order chi connectivity index (χ1) is 13.7. The molecule has 2 aromatic rings. The van der Waals surface area contributed by atoms with E-state index in [1.165, 1.54) is 12.8 Å². The summed E-state index contributed by atoms with van der Waals surface area (Å²) in [4.78, 5) is 19.4. The highest BCUT2D eigenvalue weighted by molar-refractivity contribution is 5.72. The molecule has 0 spiro atoms. The topological polar surface area (TPSA) is 85.4 Å². The monoisotopic (exact) mass is 383 g/mol. The fraction of sp³-hybridized carbons (Fsp3) is 0.524. The minimum Gasteiger partial charge on any atom is -0.450 e. The number of aromatic nitrogens is 2. The Bertz CT molecular complexity index is 866. The fourth-order valence-electron chi connectivity index (χ4n) is 4.08. The molecule has 3 N–H and O–H groups in total. The predicted octanol–water partition coefficient (Wildman–Crippen LogP) is 3.25. The van der Waals surface area contributed by atoms with Crippen molar-refractivity contribution in [3.8, 4) is 11.5 Å². The third-order valence-corrected chi connectivity index (χ3v) is 5.64. The number of hydrogen-bond acceptors (Lipinski definition) is 6. The molecule has 0 radical (unpaired) electrons. The third kappa shape index (κ3) is 4.20. The molecule has 1 unspecified atom stereocenters. The van der Waals surface area contributed by atoms with Gasteiger partial charge in [-0.3, -0.25) is 4.57 Å². The number of benzene rings is 1. The lowest BCUT2D eigenvalue weighted by Crippen LogP contribution is -2.30. The van der Waals surface area contributed by atoms with Gasteiger partial charge in [-0.05, 0) is 63.9 Å². The van der Waals surface area contributed by atoms with E-state index in [0.29, 0.717) is 11.6 Å². The molecule has 1 atom stereocenters. The zero-order chi connectivity index (χ0) is 19.3. The minimum absolute atomic E-state index is 0.167. The van der Waals surface area contributed by atoms with Crippen molar-refractivity contribution in [3.05, 3.63) is 40.9 Å². The van der Waals surface area contributed by atoms with Gasteiger partial charge in [-0.15, -0.1) is 0 Å². The number of para-hydroxylation sites is 2. The van der Waals surface area contributed by atoms with E-state index in [1.54, 1.807) is 4.57 Å². The number of rotatable bonds is 6. The van der Waals surface area contributed by atoms with Gasteiger partial charge in [-0.25, -0.2) is 4.79 Å². The largest absolute Gasteiger partial charge is 0.450 e. The molecule has 1 aromatic carbocycles. The maximum absolute atomic E-state index is 12.7. The highest BCUT2D eigenvalue weighted by Gasteiger charge is 2.23. The smallest absolute Gasteiger partial charge is 0.350 e. The molecule has 1 saturated heterocycles. The first-order valence-electron chi connectivity index (χ1n) is 10.3. The van der Waals surface area contributed by atoms with E-state index < -0.39 is 0 Å². The molecular formula is C21H29N5O2. The Labute approximate surface area is 165 Å². The summed E-state index contributed by atoms with van der Waals surface area (Å²) >= 11 is 0. The minimum atomic E-state index is -0.212. The van der Waals surface area contributed by atoms with Crippen molar-refractivity contribution in [1.82, 2.24) is 14.5 Å². The van der Waals surface area contributed by atoms with Crippen LogP contribution in [-0.2, 0) is 0 Å². The van der Waals surface area contributed by atoms with E-state index in [0.717, 1.165) is 63.3 Å². The molecule has 0 saturated carbocycles. The Balaban J connectivity index is 1.44. The number of nitrogens with two attached hydrogens (primary N) is 1. The van der Waals surface area contributed by atoms with Crippen LogP contribution in [0.1, 0.15) is 44.6 Å². The summed E-state index contributed by atoms with van der Waals surface area (Å²) in [5.74, 6) is 1.86. The maximum Gasteiger partial charge on any atom is 0.350 e. The van der Waals surface area contributed by atoms with Crippen LogP contribution < -0.4 is 21.5 Å². The Morgan fingerprint density at radius 3 is 2.93 bits per heavy atom. The van der Waals surface area contributed by atoms with E-state index >= 15 is 0 Å². The molecule has 0 aliphatic carbocycles. The zero-order valence-electron chi connectivity index (χ0n) is 16.3.